The first kappa shape index (κ1) is 21.9. The summed E-state index contributed by atoms with van der Waals surface area (Å²) in [6.45, 7) is 5.58. The minimum absolute atomic E-state index is 0.0996. The second kappa shape index (κ2) is 9.81. The van der Waals surface area contributed by atoms with Crippen LogP contribution in [0.5, 0.6) is 0 Å². The molecule has 0 fully saturated rings. The lowest BCUT2D eigenvalue weighted by Crippen LogP contribution is -2.51. The number of amides is 2. The second-order valence-electron chi connectivity index (χ2n) is 8.02. The van der Waals surface area contributed by atoms with Gasteiger partial charge < -0.3 is 15.6 Å². The molecule has 0 unspecified atom stereocenters. The fourth-order valence-corrected chi connectivity index (χ4v) is 3.69. The smallest absolute Gasteiger partial charge is 0.243 e. The van der Waals surface area contributed by atoms with E-state index in [1.807, 2.05) is 75.5 Å². The van der Waals surface area contributed by atoms with Gasteiger partial charge in [-0.2, -0.15) is 0 Å². The number of rotatable bonds is 8. The van der Waals surface area contributed by atoms with Gasteiger partial charge in [0, 0.05) is 40.5 Å². The molecule has 3 rings (SSSR count). The number of carbonyl (C=O) groups is 2. The van der Waals surface area contributed by atoms with Crippen LogP contribution in [-0.2, 0) is 22.4 Å². The Labute approximate surface area is 182 Å². The van der Waals surface area contributed by atoms with Gasteiger partial charge in [-0.3, -0.25) is 9.59 Å². The summed E-state index contributed by atoms with van der Waals surface area (Å²) in [6, 6.07) is 14.8. The fraction of sp³-hybridized carbons (Fsp3) is 0.333. The van der Waals surface area contributed by atoms with Crippen molar-refractivity contribution in [3.05, 3.63) is 70.9 Å². The SMILES string of the molecule is CC(C)C(=O)N[C@@H](Cc1c[nH]c2ccccc12)C(=O)N[C@@H](C)Cc1cccc(Cl)c1. The number of nitrogens with one attached hydrogen (secondary N) is 3. The molecule has 0 aliphatic carbocycles. The highest BCUT2D eigenvalue weighted by Gasteiger charge is 2.24. The summed E-state index contributed by atoms with van der Waals surface area (Å²) in [5.41, 5.74) is 3.06. The number of benzene rings is 2. The van der Waals surface area contributed by atoms with Gasteiger partial charge in [0.1, 0.15) is 6.04 Å². The highest BCUT2D eigenvalue weighted by Crippen LogP contribution is 2.19. The van der Waals surface area contributed by atoms with Gasteiger partial charge in [-0.1, -0.05) is 55.8 Å². The molecule has 6 heteroatoms. The quantitative estimate of drug-likeness (QED) is 0.504. The number of hydrogen-bond donors (Lipinski definition) is 3. The van der Waals surface area contributed by atoms with E-state index in [0.717, 1.165) is 22.0 Å². The van der Waals surface area contributed by atoms with Crippen LogP contribution in [0, 0.1) is 5.92 Å². The van der Waals surface area contributed by atoms with Crippen molar-refractivity contribution in [1.29, 1.82) is 0 Å². The number of aromatic nitrogens is 1. The molecular formula is C24H28ClN3O2. The summed E-state index contributed by atoms with van der Waals surface area (Å²) in [6.07, 6.45) is 2.98. The van der Waals surface area contributed by atoms with Gasteiger partial charge in [-0.15, -0.1) is 0 Å². The third kappa shape index (κ3) is 5.63. The van der Waals surface area contributed by atoms with E-state index in [2.05, 4.69) is 15.6 Å². The molecule has 3 aromatic rings. The summed E-state index contributed by atoms with van der Waals surface area (Å²) >= 11 is 6.06. The first-order valence-electron chi connectivity index (χ1n) is 10.2. The maximum Gasteiger partial charge on any atom is 0.243 e. The largest absolute Gasteiger partial charge is 0.361 e. The van der Waals surface area contributed by atoms with E-state index in [1.54, 1.807) is 0 Å². The van der Waals surface area contributed by atoms with Crippen LogP contribution in [-0.4, -0.2) is 28.9 Å². The second-order valence-corrected chi connectivity index (χ2v) is 8.46. The van der Waals surface area contributed by atoms with Crippen molar-refractivity contribution in [3.63, 3.8) is 0 Å². The maximum atomic E-state index is 13.1. The first-order valence-corrected chi connectivity index (χ1v) is 10.6. The first-order chi connectivity index (χ1) is 14.3. The molecule has 1 aromatic heterocycles. The van der Waals surface area contributed by atoms with Crippen molar-refractivity contribution < 1.29 is 9.59 Å². The topological polar surface area (TPSA) is 74.0 Å². The van der Waals surface area contributed by atoms with Gasteiger partial charge in [0.15, 0.2) is 0 Å². The monoisotopic (exact) mass is 425 g/mol. The van der Waals surface area contributed by atoms with Crippen LogP contribution in [0.25, 0.3) is 10.9 Å². The highest BCUT2D eigenvalue weighted by atomic mass is 35.5. The van der Waals surface area contributed by atoms with Crippen molar-refractivity contribution in [1.82, 2.24) is 15.6 Å². The maximum absolute atomic E-state index is 13.1. The van der Waals surface area contributed by atoms with Crippen LogP contribution < -0.4 is 10.6 Å². The predicted octanol–water partition coefficient (Wildman–Crippen LogP) is 4.25. The summed E-state index contributed by atoms with van der Waals surface area (Å²) in [7, 11) is 0. The van der Waals surface area contributed by atoms with Crippen LogP contribution >= 0.6 is 11.6 Å². The van der Waals surface area contributed by atoms with E-state index < -0.39 is 6.04 Å². The van der Waals surface area contributed by atoms with Crippen molar-refractivity contribution in [3.8, 4) is 0 Å². The molecule has 1 heterocycles. The average molecular weight is 426 g/mol. The number of carbonyl (C=O) groups excluding carboxylic acids is 2. The Morgan fingerprint density at radius 1 is 0.967 bits per heavy atom. The Bertz CT molecular complexity index is 1030. The van der Waals surface area contributed by atoms with Gasteiger partial charge in [-0.05, 0) is 42.7 Å². The molecule has 2 aromatic carbocycles. The van der Waals surface area contributed by atoms with E-state index in [9.17, 15) is 9.59 Å². The molecule has 30 heavy (non-hydrogen) atoms. The standard InChI is InChI=1S/C24H28ClN3O2/c1-15(2)23(29)28-22(13-18-14-26-21-10-5-4-9-20(18)21)24(30)27-16(3)11-17-7-6-8-19(25)12-17/h4-10,12,14-16,22,26H,11,13H2,1-3H3,(H,27,30)(H,28,29)/t16-,22-/m0/s1. The van der Waals surface area contributed by atoms with Crippen molar-refractivity contribution in [2.45, 2.75) is 45.7 Å². The van der Waals surface area contributed by atoms with Crippen molar-refractivity contribution >= 4 is 34.3 Å². The Morgan fingerprint density at radius 3 is 2.47 bits per heavy atom. The van der Waals surface area contributed by atoms with E-state index >= 15 is 0 Å². The van der Waals surface area contributed by atoms with Gasteiger partial charge in [-0.25, -0.2) is 0 Å². The van der Waals surface area contributed by atoms with Crippen LogP contribution in [0.15, 0.2) is 54.7 Å². The molecule has 158 valence electrons. The molecule has 2 atom stereocenters. The lowest BCUT2D eigenvalue weighted by molar-refractivity contribution is -0.130. The van der Waals surface area contributed by atoms with Gasteiger partial charge >= 0.3 is 0 Å². The molecule has 0 aliphatic heterocycles. The van der Waals surface area contributed by atoms with Crippen molar-refractivity contribution in [2.24, 2.45) is 5.92 Å². The summed E-state index contributed by atoms with van der Waals surface area (Å²) in [5.74, 6) is -0.534. The Morgan fingerprint density at radius 2 is 1.73 bits per heavy atom. The Kier molecular flexibility index (Phi) is 7.16. The number of aromatic amines is 1. The van der Waals surface area contributed by atoms with Crippen molar-refractivity contribution in [2.75, 3.05) is 0 Å². The third-order valence-corrected chi connectivity index (χ3v) is 5.31. The summed E-state index contributed by atoms with van der Waals surface area (Å²) in [4.78, 5) is 28.6. The van der Waals surface area contributed by atoms with Gasteiger partial charge in [0.05, 0.1) is 0 Å². The van der Waals surface area contributed by atoms with Crippen LogP contribution in [0.2, 0.25) is 5.02 Å². The molecular weight excluding hydrogens is 398 g/mol. The molecule has 2 amide bonds. The normalized spacial score (nSPS) is 13.2. The zero-order chi connectivity index (χ0) is 21.7. The van der Waals surface area contributed by atoms with E-state index in [1.165, 1.54) is 0 Å². The molecule has 0 saturated carbocycles. The third-order valence-electron chi connectivity index (χ3n) is 5.08. The van der Waals surface area contributed by atoms with E-state index in [0.29, 0.717) is 17.9 Å². The molecule has 5 nitrogen and oxygen atoms in total. The average Bonchev–Trinajstić information content (AvgIpc) is 3.10. The lowest BCUT2D eigenvalue weighted by Gasteiger charge is -2.22. The zero-order valence-corrected chi connectivity index (χ0v) is 18.3. The van der Waals surface area contributed by atoms with Crippen LogP contribution in [0.4, 0.5) is 0 Å². The Hall–Kier alpha value is -2.79. The molecule has 0 aliphatic rings. The molecule has 3 N–H and O–H groups in total. The molecule has 0 radical (unpaired) electrons. The minimum atomic E-state index is -0.652. The van der Waals surface area contributed by atoms with Gasteiger partial charge in [0.25, 0.3) is 0 Å². The lowest BCUT2D eigenvalue weighted by atomic mass is 10.0. The highest BCUT2D eigenvalue weighted by molar-refractivity contribution is 6.30. The number of H-pyrrole nitrogens is 1. The van der Waals surface area contributed by atoms with Crippen LogP contribution in [0.1, 0.15) is 31.9 Å². The fourth-order valence-electron chi connectivity index (χ4n) is 3.48. The number of hydrogen-bond acceptors (Lipinski definition) is 2. The van der Waals surface area contributed by atoms with Gasteiger partial charge in [0.2, 0.25) is 11.8 Å². The summed E-state index contributed by atoms with van der Waals surface area (Å²) in [5, 5.41) is 7.69. The molecule has 0 bridgehead atoms. The summed E-state index contributed by atoms with van der Waals surface area (Å²) < 4.78 is 0. The minimum Gasteiger partial charge on any atom is -0.361 e. The molecule has 0 saturated heterocycles. The predicted molar refractivity (Wildman–Crippen MR) is 122 cm³/mol. The zero-order valence-electron chi connectivity index (χ0n) is 17.5. The van der Waals surface area contributed by atoms with E-state index in [-0.39, 0.29) is 23.8 Å². The number of fused-ring (bicyclic) bond motifs is 1. The Balaban J connectivity index is 1.73. The number of halogens is 1. The number of para-hydroxylation sites is 1. The molecule has 0 spiro atoms. The van der Waals surface area contributed by atoms with Crippen LogP contribution in [0.3, 0.4) is 0 Å². The van der Waals surface area contributed by atoms with E-state index in [4.69, 9.17) is 11.6 Å².